The summed E-state index contributed by atoms with van der Waals surface area (Å²) < 4.78 is 0. The number of allylic oxidation sites excluding steroid dienone is 1. The molecule has 0 aromatic carbocycles. The second kappa shape index (κ2) is 7.04. The van der Waals surface area contributed by atoms with Gasteiger partial charge in [-0.3, -0.25) is 9.59 Å². The van der Waals surface area contributed by atoms with Crippen molar-refractivity contribution >= 4 is 11.9 Å². The van der Waals surface area contributed by atoms with Gasteiger partial charge in [-0.15, -0.1) is 0 Å². The third-order valence-electron chi connectivity index (χ3n) is 2.04. The summed E-state index contributed by atoms with van der Waals surface area (Å²) in [4.78, 5) is 21.8. The normalized spacial score (nSPS) is 13.4. The zero-order chi connectivity index (χ0) is 11.8. The molecule has 86 valence electrons. The molecule has 0 spiro atoms. The number of rotatable bonds is 6. The summed E-state index contributed by atoms with van der Waals surface area (Å²) in [5.74, 6) is -0.952. The number of aliphatic carboxylic acids is 1. The molecule has 0 aliphatic carbocycles. The zero-order valence-corrected chi connectivity index (χ0v) is 9.54. The van der Waals surface area contributed by atoms with Gasteiger partial charge in [0.1, 0.15) is 0 Å². The van der Waals surface area contributed by atoms with E-state index in [1.807, 2.05) is 13.0 Å². The maximum atomic E-state index is 11.5. The number of carboxylic acids is 1. The van der Waals surface area contributed by atoms with Gasteiger partial charge in [-0.2, -0.15) is 0 Å². The molecule has 0 aliphatic rings. The first-order valence-corrected chi connectivity index (χ1v) is 5.16. The number of hydrogen-bond acceptors (Lipinski definition) is 2. The Hall–Kier alpha value is -1.32. The van der Waals surface area contributed by atoms with Crippen LogP contribution < -0.4 is 5.32 Å². The molecule has 4 heteroatoms. The van der Waals surface area contributed by atoms with E-state index in [0.717, 1.165) is 6.42 Å². The Morgan fingerprint density at radius 2 is 2.07 bits per heavy atom. The van der Waals surface area contributed by atoms with E-state index in [9.17, 15) is 9.59 Å². The monoisotopic (exact) mass is 213 g/mol. The van der Waals surface area contributed by atoms with Gasteiger partial charge in [0.25, 0.3) is 0 Å². The van der Waals surface area contributed by atoms with Gasteiger partial charge in [0.15, 0.2) is 0 Å². The maximum Gasteiger partial charge on any atom is 0.303 e. The fourth-order valence-electron chi connectivity index (χ4n) is 1.15. The van der Waals surface area contributed by atoms with Crippen molar-refractivity contribution < 1.29 is 14.7 Å². The lowest BCUT2D eigenvalue weighted by Gasteiger charge is -2.12. The molecule has 0 saturated carbocycles. The Balaban J connectivity index is 3.96. The van der Waals surface area contributed by atoms with Gasteiger partial charge < -0.3 is 10.4 Å². The first-order valence-electron chi connectivity index (χ1n) is 5.16. The molecule has 4 nitrogen and oxygen atoms in total. The van der Waals surface area contributed by atoms with Crippen molar-refractivity contribution in [1.82, 2.24) is 5.32 Å². The van der Waals surface area contributed by atoms with Crippen molar-refractivity contribution in [1.29, 1.82) is 0 Å². The second-order valence-corrected chi connectivity index (χ2v) is 3.60. The number of nitrogens with one attached hydrogen (secondary N) is 1. The Labute approximate surface area is 90.4 Å². The summed E-state index contributed by atoms with van der Waals surface area (Å²) in [7, 11) is 0. The van der Waals surface area contributed by atoms with E-state index >= 15 is 0 Å². The molecule has 0 aromatic rings. The van der Waals surface area contributed by atoms with Crippen LogP contribution in [0.1, 0.15) is 40.0 Å². The minimum atomic E-state index is -0.836. The third kappa shape index (κ3) is 6.71. The Morgan fingerprint density at radius 3 is 2.53 bits per heavy atom. The Kier molecular flexibility index (Phi) is 6.42. The first kappa shape index (κ1) is 13.7. The average molecular weight is 213 g/mol. The quantitative estimate of drug-likeness (QED) is 0.660. The summed E-state index contributed by atoms with van der Waals surface area (Å²) in [6, 6.07) is -0.103. The highest BCUT2D eigenvalue weighted by atomic mass is 16.4. The Bertz CT molecular complexity index is 259. The van der Waals surface area contributed by atoms with Crippen LogP contribution in [0.2, 0.25) is 0 Å². The van der Waals surface area contributed by atoms with Crippen LogP contribution in [0.5, 0.6) is 0 Å². The van der Waals surface area contributed by atoms with Gasteiger partial charge in [0, 0.05) is 18.0 Å². The number of carbonyl (C=O) groups excluding carboxylic acids is 1. The lowest BCUT2D eigenvalue weighted by Crippen LogP contribution is -2.33. The molecule has 0 unspecified atom stereocenters. The zero-order valence-electron chi connectivity index (χ0n) is 9.54. The third-order valence-corrected chi connectivity index (χ3v) is 2.04. The average Bonchev–Trinajstić information content (AvgIpc) is 2.15. The molecule has 0 fully saturated rings. The SMILES string of the molecule is CC/C=C(/C)C(=O)N[C@H](C)CCC(=O)O. The van der Waals surface area contributed by atoms with E-state index < -0.39 is 5.97 Å². The van der Waals surface area contributed by atoms with Crippen LogP contribution in [0, 0.1) is 0 Å². The number of amides is 1. The van der Waals surface area contributed by atoms with E-state index in [-0.39, 0.29) is 18.4 Å². The molecule has 1 atom stereocenters. The minimum Gasteiger partial charge on any atom is -0.481 e. The molecule has 15 heavy (non-hydrogen) atoms. The fraction of sp³-hybridized carbons (Fsp3) is 0.636. The van der Waals surface area contributed by atoms with Gasteiger partial charge in [-0.05, 0) is 26.7 Å². The Morgan fingerprint density at radius 1 is 1.47 bits per heavy atom. The summed E-state index contributed by atoms with van der Waals surface area (Å²) >= 11 is 0. The molecule has 1 amide bonds. The molecular formula is C11H19NO3. The van der Waals surface area contributed by atoms with Crippen molar-refractivity contribution in [2.45, 2.75) is 46.1 Å². The number of hydrogen-bond donors (Lipinski definition) is 2. The predicted molar refractivity (Wildman–Crippen MR) is 58.5 cm³/mol. The smallest absolute Gasteiger partial charge is 0.303 e. The molecule has 0 aliphatic heterocycles. The molecule has 0 rings (SSSR count). The highest BCUT2D eigenvalue weighted by molar-refractivity contribution is 5.92. The van der Waals surface area contributed by atoms with Gasteiger partial charge in [0.2, 0.25) is 5.91 Å². The highest BCUT2D eigenvalue weighted by Crippen LogP contribution is 2.00. The lowest BCUT2D eigenvalue weighted by molar-refractivity contribution is -0.137. The van der Waals surface area contributed by atoms with Crippen LogP contribution in [-0.2, 0) is 9.59 Å². The van der Waals surface area contributed by atoms with Crippen LogP contribution in [0.4, 0.5) is 0 Å². The molecule has 0 heterocycles. The second-order valence-electron chi connectivity index (χ2n) is 3.60. The van der Waals surface area contributed by atoms with Crippen LogP contribution in [0.25, 0.3) is 0 Å². The van der Waals surface area contributed by atoms with E-state index in [2.05, 4.69) is 5.32 Å². The number of carbonyl (C=O) groups is 2. The van der Waals surface area contributed by atoms with Crippen molar-refractivity contribution in [2.24, 2.45) is 0 Å². The summed E-state index contributed by atoms with van der Waals surface area (Å²) in [6.07, 6.45) is 3.21. The van der Waals surface area contributed by atoms with Crippen molar-refractivity contribution in [3.63, 3.8) is 0 Å². The molecule has 0 saturated heterocycles. The van der Waals surface area contributed by atoms with E-state index in [1.54, 1.807) is 13.8 Å². The largest absolute Gasteiger partial charge is 0.481 e. The minimum absolute atomic E-state index is 0.0813. The molecular weight excluding hydrogens is 194 g/mol. The van der Waals surface area contributed by atoms with Crippen LogP contribution in [0.15, 0.2) is 11.6 Å². The standard InChI is InChI=1S/C11H19NO3/c1-4-5-8(2)11(15)12-9(3)6-7-10(13)14/h5,9H,4,6-7H2,1-3H3,(H,12,15)(H,13,14)/b8-5-/t9-/m1/s1. The molecule has 0 radical (unpaired) electrons. The van der Waals surface area contributed by atoms with Crippen LogP contribution in [-0.4, -0.2) is 23.0 Å². The predicted octanol–water partition coefficient (Wildman–Crippen LogP) is 1.71. The van der Waals surface area contributed by atoms with Crippen molar-refractivity contribution in [3.05, 3.63) is 11.6 Å². The molecule has 2 N–H and O–H groups in total. The van der Waals surface area contributed by atoms with Gasteiger partial charge in [-0.1, -0.05) is 13.0 Å². The van der Waals surface area contributed by atoms with Gasteiger partial charge in [0.05, 0.1) is 0 Å². The summed E-state index contributed by atoms with van der Waals surface area (Å²) in [5, 5.41) is 11.2. The topological polar surface area (TPSA) is 66.4 Å². The molecule has 0 aromatic heterocycles. The van der Waals surface area contributed by atoms with Crippen LogP contribution >= 0.6 is 0 Å². The first-order chi connectivity index (χ1) is 6.97. The van der Waals surface area contributed by atoms with Gasteiger partial charge >= 0.3 is 5.97 Å². The fourth-order valence-corrected chi connectivity index (χ4v) is 1.15. The van der Waals surface area contributed by atoms with E-state index in [1.165, 1.54) is 0 Å². The van der Waals surface area contributed by atoms with Crippen molar-refractivity contribution in [3.8, 4) is 0 Å². The van der Waals surface area contributed by atoms with Crippen LogP contribution in [0.3, 0.4) is 0 Å². The van der Waals surface area contributed by atoms with Gasteiger partial charge in [-0.25, -0.2) is 0 Å². The highest BCUT2D eigenvalue weighted by Gasteiger charge is 2.09. The van der Waals surface area contributed by atoms with Crippen molar-refractivity contribution in [2.75, 3.05) is 0 Å². The summed E-state index contributed by atoms with van der Waals surface area (Å²) in [5.41, 5.74) is 0.680. The van der Waals surface area contributed by atoms with E-state index in [4.69, 9.17) is 5.11 Å². The lowest BCUT2D eigenvalue weighted by atomic mass is 10.1. The van der Waals surface area contributed by atoms with E-state index in [0.29, 0.717) is 12.0 Å². The summed E-state index contributed by atoms with van der Waals surface area (Å²) in [6.45, 7) is 5.52. The molecule has 0 bridgehead atoms. The number of carboxylic acid groups (broad SMARTS) is 1. The maximum absolute atomic E-state index is 11.5.